The topological polar surface area (TPSA) is 127 Å². The summed E-state index contributed by atoms with van der Waals surface area (Å²) in [6.45, 7) is 0. The van der Waals surface area contributed by atoms with Crippen LogP contribution in [0.2, 0.25) is 0 Å². The van der Waals surface area contributed by atoms with Gasteiger partial charge in [-0.15, -0.1) is 0 Å². The highest BCUT2D eigenvalue weighted by Crippen LogP contribution is 2.34. The summed E-state index contributed by atoms with van der Waals surface area (Å²) in [6.07, 6.45) is 2.68. The molecule has 1 heterocycles. The monoisotopic (exact) mass is 366 g/mol. The van der Waals surface area contributed by atoms with Gasteiger partial charge < -0.3 is 9.84 Å². The number of benzene rings is 2. The maximum atomic E-state index is 12.1. The third-order valence-corrected chi connectivity index (χ3v) is 3.80. The smallest absolute Gasteiger partial charge is 0.313 e. The van der Waals surface area contributed by atoms with Gasteiger partial charge in [0.15, 0.2) is 0 Å². The minimum atomic E-state index is -0.712. The van der Waals surface area contributed by atoms with Crippen molar-refractivity contribution in [3.05, 3.63) is 69.9 Å². The molecule has 0 aliphatic heterocycles. The zero-order valence-electron chi connectivity index (χ0n) is 14.1. The maximum absolute atomic E-state index is 12.1. The van der Waals surface area contributed by atoms with E-state index in [0.29, 0.717) is 22.3 Å². The van der Waals surface area contributed by atoms with E-state index in [9.17, 15) is 20.0 Å². The number of hydrogen-bond acceptors (Lipinski definition) is 7. The van der Waals surface area contributed by atoms with Crippen LogP contribution in [0.15, 0.2) is 53.8 Å². The Morgan fingerprint density at radius 1 is 1.33 bits per heavy atom. The molecule has 0 radical (unpaired) electrons. The van der Waals surface area contributed by atoms with E-state index in [-0.39, 0.29) is 5.52 Å². The molecule has 0 atom stereocenters. The molecular weight excluding hydrogens is 352 g/mol. The normalized spacial score (nSPS) is 10.9. The fourth-order valence-electron chi connectivity index (χ4n) is 2.46. The van der Waals surface area contributed by atoms with E-state index in [1.165, 1.54) is 25.6 Å². The largest absolute Gasteiger partial charge is 0.501 e. The van der Waals surface area contributed by atoms with Crippen molar-refractivity contribution < 1.29 is 19.6 Å². The minimum Gasteiger partial charge on any atom is -0.501 e. The number of amides is 1. The van der Waals surface area contributed by atoms with Gasteiger partial charge in [0.25, 0.3) is 5.91 Å². The van der Waals surface area contributed by atoms with Gasteiger partial charge >= 0.3 is 5.69 Å². The van der Waals surface area contributed by atoms with Gasteiger partial charge in [-0.3, -0.25) is 19.9 Å². The molecule has 0 spiro atoms. The van der Waals surface area contributed by atoms with Crippen LogP contribution in [0.3, 0.4) is 0 Å². The molecule has 136 valence electrons. The molecule has 0 unspecified atom stereocenters. The number of aromatic nitrogens is 1. The summed E-state index contributed by atoms with van der Waals surface area (Å²) in [6, 6.07) is 10.9. The highest BCUT2D eigenvalue weighted by molar-refractivity contribution is 6.03. The molecule has 1 aromatic heterocycles. The van der Waals surface area contributed by atoms with Gasteiger partial charge in [-0.25, -0.2) is 5.43 Å². The van der Waals surface area contributed by atoms with Crippen molar-refractivity contribution in [1.82, 2.24) is 10.4 Å². The maximum Gasteiger partial charge on any atom is 0.313 e. The number of fused-ring (bicyclic) bond motifs is 1. The van der Waals surface area contributed by atoms with Crippen molar-refractivity contribution in [2.45, 2.75) is 0 Å². The predicted molar refractivity (Wildman–Crippen MR) is 98.1 cm³/mol. The van der Waals surface area contributed by atoms with Gasteiger partial charge in [-0.05, 0) is 30.3 Å². The number of phenols is 1. The molecule has 9 heteroatoms. The lowest BCUT2D eigenvalue weighted by Crippen LogP contribution is -2.17. The number of carbonyl (C=O) groups is 1. The fraction of sp³-hybridized carbons (Fsp3) is 0.0556. The minimum absolute atomic E-state index is 0.0784. The molecule has 0 saturated heterocycles. The molecule has 0 fully saturated rings. The van der Waals surface area contributed by atoms with E-state index in [0.717, 1.165) is 0 Å². The average molecular weight is 366 g/mol. The first-order valence-electron chi connectivity index (χ1n) is 7.74. The highest BCUT2D eigenvalue weighted by atomic mass is 16.6. The number of phenolic OH excluding ortho intramolecular Hbond substituents is 1. The lowest BCUT2D eigenvalue weighted by Gasteiger charge is -2.05. The molecule has 3 rings (SSSR count). The van der Waals surface area contributed by atoms with E-state index in [1.54, 1.807) is 36.4 Å². The number of ether oxygens (including phenoxy) is 1. The Morgan fingerprint density at radius 2 is 2.07 bits per heavy atom. The molecule has 1 amide bonds. The van der Waals surface area contributed by atoms with Crippen LogP contribution in [-0.4, -0.2) is 34.2 Å². The summed E-state index contributed by atoms with van der Waals surface area (Å²) in [7, 11) is 1.52. The van der Waals surface area contributed by atoms with Gasteiger partial charge in [0.05, 0.1) is 18.2 Å². The quantitative estimate of drug-likeness (QED) is 0.406. The summed E-state index contributed by atoms with van der Waals surface area (Å²) in [5.41, 5.74) is 2.63. The number of nitrogens with one attached hydrogen (secondary N) is 1. The first-order chi connectivity index (χ1) is 13.0. The third-order valence-electron chi connectivity index (χ3n) is 3.80. The Hall–Kier alpha value is -4.01. The van der Waals surface area contributed by atoms with Gasteiger partial charge in [0.2, 0.25) is 5.75 Å². The Balaban J connectivity index is 1.88. The Kier molecular flexibility index (Phi) is 4.93. The van der Waals surface area contributed by atoms with Crippen LogP contribution < -0.4 is 10.2 Å². The van der Waals surface area contributed by atoms with Crippen molar-refractivity contribution in [3.63, 3.8) is 0 Å². The molecule has 0 bridgehead atoms. The lowest BCUT2D eigenvalue weighted by molar-refractivity contribution is -0.385. The number of nitro groups is 1. The second kappa shape index (κ2) is 7.48. The molecule has 2 N–H and O–H groups in total. The number of hydrogen-bond donors (Lipinski definition) is 2. The summed E-state index contributed by atoms with van der Waals surface area (Å²) in [4.78, 5) is 26.5. The molecule has 0 aliphatic rings. The van der Waals surface area contributed by atoms with Crippen LogP contribution >= 0.6 is 0 Å². The summed E-state index contributed by atoms with van der Waals surface area (Å²) < 4.78 is 5.03. The third kappa shape index (κ3) is 3.66. The summed E-state index contributed by atoms with van der Waals surface area (Å²) in [5, 5.41) is 25.5. The van der Waals surface area contributed by atoms with E-state index in [1.807, 2.05) is 0 Å². The first kappa shape index (κ1) is 17.8. The number of aromatic hydroxyl groups is 1. The number of hydrazone groups is 1. The number of methoxy groups -OCH3 is 1. The van der Waals surface area contributed by atoms with Crippen LogP contribution in [0.5, 0.6) is 11.5 Å². The number of rotatable bonds is 5. The van der Waals surface area contributed by atoms with Crippen molar-refractivity contribution in [3.8, 4) is 11.5 Å². The molecule has 27 heavy (non-hydrogen) atoms. The van der Waals surface area contributed by atoms with E-state index in [2.05, 4.69) is 15.5 Å². The Labute approximate surface area is 153 Å². The molecule has 9 nitrogen and oxygen atoms in total. The Bertz CT molecular complexity index is 1050. The average Bonchev–Trinajstić information content (AvgIpc) is 2.69. The SMILES string of the molecule is COc1ccc(C(=O)N/N=C\c2cc([N+](=O)[O-])c(O)c3ncccc23)cc1. The number of pyridine rings is 1. The predicted octanol–water partition coefficient (Wildman–Crippen LogP) is 2.62. The zero-order valence-corrected chi connectivity index (χ0v) is 14.1. The summed E-state index contributed by atoms with van der Waals surface area (Å²) in [5.74, 6) is -0.356. The van der Waals surface area contributed by atoms with Crippen LogP contribution in [0, 0.1) is 10.1 Å². The van der Waals surface area contributed by atoms with Crippen molar-refractivity contribution >= 4 is 28.7 Å². The van der Waals surface area contributed by atoms with E-state index in [4.69, 9.17) is 4.74 Å². The van der Waals surface area contributed by atoms with Crippen LogP contribution in [0.1, 0.15) is 15.9 Å². The van der Waals surface area contributed by atoms with Crippen molar-refractivity contribution in [2.75, 3.05) is 7.11 Å². The van der Waals surface area contributed by atoms with Crippen molar-refractivity contribution in [1.29, 1.82) is 0 Å². The second-order valence-corrected chi connectivity index (χ2v) is 5.42. The molecule has 0 saturated carbocycles. The number of carbonyl (C=O) groups excluding carboxylic acids is 1. The molecule has 0 aliphatic carbocycles. The van der Waals surface area contributed by atoms with Gasteiger partial charge in [0.1, 0.15) is 11.3 Å². The highest BCUT2D eigenvalue weighted by Gasteiger charge is 2.19. The molecule has 2 aromatic carbocycles. The second-order valence-electron chi connectivity index (χ2n) is 5.42. The number of nitrogens with zero attached hydrogens (tertiary/aromatic N) is 3. The van der Waals surface area contributed by atoms with Gasteiger partial charge in [0, 0.05) is 28.8 Å². The standard InChI is InChI=1S/C18H14N4O5/c1-27-13-6-4-11(5-7-13)18(24)21-20-10-12-9-15(22(25)26)17(23)16-14(12)3-2-8-19-16/h2-10,23H,1H3,(H,21,24)/b20-10-. The van der Waals surface area contributed by atoms with Crippen LogP contribution in [0.4, 0.5) is 5.69 Å². The lowest BCUT2D eigenvalue weighted by atomic mass is 10.1. The van der Waals surface area contributed by atoms with Crippen molar-refractivity contribution in [2.24, 2.45) is 5.10 Å². The van der Waals surface area contributed by atoms with Crippen LogP contribution in [0.25, 0.3) is 10.9 Å². The summed E-state index contributed by atoms with van der Waals surface area (Å²) >= 11 is 0. The van der Waals surface area contributed by atoms with Gasteiger partial charge in [-0.2, -0.15) is 5.10 Å². The molecule has 3 aromatic rings. The van der Waals surface area contributed by atoms with Crippen LogP contribution in [-0.2, 0) is 0 Å². The first-order valence-corrected chi connectivity index (χ1v) is 7.74. The van der Waals surface area contributed by atoms with Gasteiger partial charge in [-0.1, -0.05) is 6.07 Å². The molecular formula is C18H14N4O5. The fourth-order valence-corrected chi connectivity index (χ4v) is 2.46. The van der Waals surface area contributed by atoms with E-state index < -0.39 is 22.3 Å². The van der Waals surface area contributed by atoms with E-state index >= 15 is 0 Å². The Morgan fingerprint density at radius 3 is 2.74 bits per heavy atom. The number of nitro benzene ring substituents is 1. The zero-order chi connectivity index (χ0) is 19.4.